The van der Waals surface area contributed by atoms with Gasteiger partial charge in [-0.15, -0.1) is 0 Å². The molecule has 3 aromatic carbocycles. The van der Waals surface area contributed by atoms with E-state index < -0.39 is 6.04 Å². The van der Waals surface area contributed by atoms with Crippen molar-refractivity contribution >= 4 is 23.4 Å². The zero-order valence-electron chi connectivity index (χ0n) is 21.4. The van der Waals surface area contributed by atoms with Crippen LogP contribution in [0.3, 0.4) is 0 Å². The van der Waals surface area contributed by atoms with E-state index in [0.29, 0.717) is 18.0 Å². The number of ether oxygens (including phenoxy) is 1. The van der Waals surface area contributed by atoms with E-state index in [1.807, 2.05) is 78.9 Å². The molecule has 4 rings (SSSR count). The fraction of sp³-hybridized carbons (Fsp3) is 0.355. The second kappa shape index (κ2) is 13.3. The molecule has 1 atom stereocenters. The normalized spacial score (nSPS) is 14.5. The first-order valence-corrected chi connectivity index (χ1v) is 13.4. The lowest BCUT2D eigenvalue weighted by molar-refractivity contribution is -0.141. The van der Waals surface area contributed by atoms with Gasteiger partial charge in [0.1, 0.15) is 11.8 Å². The van der Waals surface area contributed by atoms with Crippen LogP contribution in [-0.2, 0) is 29.0 Å². The third kappa shape index (κ3) is 7.83. The van der Waals surface area contributed by atoms with Gasteiger partial charge in [-0.05, 0) is 53.8 Å². The molecule has 1 saturated carbocycles. The van der Waals surface area contributed by atoms with E-state index in [-0.39, 0.29) is 24.3 Å². The van der Waals surface area contributed by atoms with Gasteiger partial charge in [0.2, 0.25) is 11.8 Å². The molecule has 194 valence electrons. The van der Waals surface area contributed by atoms with E-state index in [2.05, 4.69) is 5.32 Å². The minimum absolute atomic E-state index is 0.0964. The summed E-state index contributed by atoms with van der Waals surface area (Å²) in [5.74, 6) is 0.534. The molecule has 0 unspecified atom stereocenters. The molecule has 0 radical (unpaired) electrons. The Morgan fingerprint density at radius 2 is 1.62 bits per heavy atom. The Morgan fingerprint density at radius 3 is 2.30 bits per heavy atom. The molecule has 0 spiro atoms. The summed E-state index contributed by atoms with van der Waals surface area (Å²) < 4.78 is 5.26. The Morgan fingerprint density at radius 1 is 0.919 bits per heavy atom. The monoisotopic (exact) mass is 518 g/mol. The molecule has 0 aromatic heterocycles. The van der Waals surface area contributed by atoms with Crippen molar-refractivity contribution in [3.8, 4) is 5.75 Å². The van der Waals surface area contributed by atoms with Gasteiger partial charge in [-0.25, -0.2) is 0 Å². The van der Waals surface area contributed by atoms with Crippen molar-refractivity contribution in [2.45, 2.75) is 63.6 Å². The van der Waals surface area contributed by atoms with Gasteiger partial charge in [0.05, 0.1) is 13.5 Å². The maximum Gasteiger partial charge on any atom is 0.243 e. The molecule has 37 heavy (non-hydrogen) atoms. The summed E-state index contributed by atoms with van der Waals surface area (Å²) in [5, 5.41) is 3.88. The third-order valence-electron chi connectivity index (χ3n) is 6.98. The smallest absolute Gasteiger partial charge is 0.243 e. The number of hydrogen-bond acceptors (Lipinski definition) is 3. The molecule has 0 bridgehead atoms. The van der Waals surface area contributed by atoms with E-state index in [0.717, 1.165) is 48.1 Å². The van der Waals surface area contributed by atoms with Gasteiger partial charge in [0.25, 0.3) is 0 Å². The summed E-state index contributed by atoms with van der Waals surface area (Å²) in [5.41, 5.74) is 2.77. The fourth-order valence-corrected chi connectivity index (χ4v) is 5.16. The molecule has 3 aromatic rings. The number of hydrogen-bond donors (Lipinski definition) is 1. The predicted molar refractivity (Wildman–Crippen MR) is 148 cm³/mol. The molecule has 1 aliphatic carbocycles. The summed E-state index contributed by atoms with van der Waals surface area (Å²) in [7, 11) is 1.62. The highest BCUT2D eigenvalue weighted by atomic mass is 35.5. The topological polar surface area (TPSA) is 58.6 Å². The average molecular weight is 519 g/mol. The van der Waals surface area contributed by atoms with E-state index in [1.165, 1.54) is 6.42 Å². The van der Waals surface area contributed by atoms with Crippen LogP contribution >= 0.6 is 11.6 Å². The van der Waals surface area contributed by atoms with Crippen LogP contribution in [0.5, 0.6) is 5.75 Å². The van der Waals surface area contributed by atoms with Crippen molar-refractivity contribution in [2.24, 2.45) is 0 Å². The van der Waals surface area contributed by atoms with Crippen LogP contribution in [0, 0.1) is 0 Å². The van der Waals surface area contributed by atoms with Gasteiger partial charge in [-0.3, -0.25) is 9.59 Å². The SMILES string of the molecule is COc1ccc(CC(=O)N(Cc2cccc(Cl)c2)[C@H](Cc2ccccc2)C(=O)NC2CCCCC2)cc1. The largest absolute Gasteiger partial charge is 0.497 e. The molecule has 1 N–H and O–H groups in total. The number of methoxy groups -OCH3 is 1. The Balaban J connectivity index is 1.64. The number of halogens is 1. The quantitative estimate of drug-likeness (QED) is 0.359. The van der Waals surface area contributed by atoms with Crippen LogP contribution in [0.2, 0.25) is 5.02 Å². The van der Waals surface area contributed by atoms with Gasteiger partial charge >= 0.3 is 0 Å². The lowest BCUT2D eigenvalue weighted by Crippen LogP contribution is -2.53. The highest BCUT2D eigenvalue weighted by molar-refractivity contribution is 6.30. The van der Waals surface area contributed by atoms with Gasteiger partial charge in [-0.2, -0.15) is 0 Å². The molecule has 6 heteroatoms. The Kier molecular flexibility index (Phi) is 9.61. The maximum absolute atomic E-state index is 13.9. The standard InChI is InChI=1S/C31H35ClN2O3/c1-37-28-17-15-24(16-18-28)21-30(35)34(22-25-11-8-12-26(32)19-25)29(20-23-9-4-2-5-10-23)31(36)33-27-13-6-3-7-14-27/h2,4-5,8-12,15-19,27,29H,3,6-7,13-14,20-22H2,1H3,(H,33,36)/t29-/m1/s1. The Hall–Kier alpha value is -3.31. The van der Waals surface area contributed by atoms with Crippen LogP contribution in [0.25, 0.3) is 0 Å². The molecule has 1 aliphatic rings. The van der Waals surface area contributed by atoms with Crippen molar-refractivity contribution in [1.82, 2.24) is 10.2 Å². The van der Waals surface area contributed by atoms with E-state index in [4.69, 9.17) is 16.3 Å². The number of carbonyl (C=O) groups excluding carboxylic acids is 2. The van der Waals surface area contributed by atoms with Gasteiger partial charge in [0.15, 0.2) is 0 Å². The molecule has 0 saturated heterocycles. The van der Waals surface area contributed by atoms with E-state index >= 15 is 0 Å². The van der Waals surface area contributed by atoms with Crippen LogP contribution in [0.4, 0.5) is 0 Å². The summed E-state index contributed by atoms with van der Waals surface area (Å²) >= 11 is 6.27. The number of nitrogens with zero attached hydrogens (tertiary/aromatic N) is 1. The summed E-state index contributed by atoms with van der Waals surface area (Å²) in [6, 6.07) is 24.4. The van der Waals surface area contributed by atoms with Crippen LogP contribution in [-0.4, -0.2) is 35.9 Å². The second-order valence-corrected chi connectivity index (χ2v) is 10.2. The number of amides is 2. The first kappa shape index (κ1) is 26.7. The van der Waals surface area contributed by atoms with Crippen molar-refractivity contribution in [1.29, 1.82) is 0 Å². The van der Waals surface area contributed by atoms with Gasteiger partial charge < -0.3 is 15.0 Å². The molecule has 2 amide bonds. The van der Waals surface area contributed by atoms with Crippen molar-refractivity contribution < 1.29 is 14.3 Å². The number of rotatable bonds is 10. The van der Waals surface area contributed by atoms with E-state index in [9.17, 15) is 9.59 Å². The minimum Gasteiger partial charge on any atom is -0.497 e. The van der Waals surface area contributed by atoms with Gasteiger partial charge in [0, 0.05) is 24.0 Å². The average Bonchev–Trinajstić information content (AvgIpc) is 2.92. The first-order valence-electron chi connectivity index (χ1n) is 13.0. The van der Waals surface area contributed by atoms with Crippen LogP contribution in [0.15, 0.2) is 78.9 Å². The Labute approximate surface area is 224 Å². The predicted octanol–water partition coefficient (Wildman–Crippen LogP) is 5.98. The zero-order chi connectivity index (χ0) is 26.0. The summed E-state index contributed by atoms with van der Waals surface area (Å²) in [6.07, 6.45) is 6.05. The van der Waals surface area contributed by atoms with E-state index in [1.54, 1.807) is 12.0 Å². The minimum atomic E-state index is -0.644. The zero-order valence-corrected chi connectivity index (χ0v) is 22.1. The molecular weight excluding hydrogens is 484 g/mol. The number of carbonyl (C=O) groups is 2. The molecular formula is C31H35ClN2O3. The molecule has 1 fully saturated rings. The molecule has 5 nitrogen and oxygen atoms in total. The van der Waals surface area contributed by atoms with Gasteiger partial charge in [-0.1, -0.05) is 85.5 Å². The summed E-state index contributed by atoms with van der Waals surface area (Å²) in [4.78, 5) is 29.4. The fourth-order valence-electron chi connectivity index (χ4n) is 4.95. The number of nitrogens with one attached hydrogen (secondary N) is 1. The highest BCUT2D eigenvalue weighted by Crippen LogP contribution is 2.22. The molecule has 0 aliphatic heterocycles. The lowest BCUT2D eigenvalue weighted by Gasteiger charge is -2.33. The Bertz CT molecular complexity index is 1160. The third-order valence-corrected chi connectivity index (χ3v) is 7.21. The van der Waals surface area contributed by atoms with Crippen molar-refractivity contribution in [3.63, 3.8) is 0 Å². The number of benzene rings is 3. The molecule has 0 heterocycles. The van der Waals surface area contributed by atoms with Crippen LogP contribution in [0.1, 0.15) is 48.8 Å². The summed E-state index contributed by atoms with van der Waals surface area (Å²) in [6.45, 7) is 0.297. The lowest BCUT2D eigenvalue weighted by atomic mass is 9.94. The highest BCUT2D eigenvalue weighted by Gasteiger charge is 2.32. The van der Waals surface area contributed by atoms with Crippen molar-refractivity contribution in [2.75, 3.05) is 7.11 Å². The van der Waals surface area contributed by atoms with Crippen molar-refractivity contribution in [3.05, 3.63) is 101 Å². The second-order valence-electron chi connectivity index (χ2n) is 9.73. The maximum atomic E-state index is 13.9. The van der Waals surface area contributed by atoms with Crippen LogP contribution < -0.4 is 10.1 Å². The first-order chi connectivity index (χ1) is 18.0.